The van der Waals surface area contributed by atoms with E-state index in [1.54, 1.807) is 18.9 Å². The monoisotopic (exact) mass is 258 g/mol. The van der Waals surface area contributed by atoms with Gasteiger partial charge in [0.15, 0.2) is 0 Å². The molecule has 1 unspecified atom stereocenters. The third-order valence-corrected chi connectivity index (χ3v) is 2.75. The number of likely N-dealkylation sites (N-methyl/N-ethyl adjacent to an activating group) is 1. The van der Waals surface area contributed by atoms with Crippen LogP contribution in [0.3, 0.4) is 0 Å². The second-order valence-electron chi connectivity index (χ2n) is 4.82. The van der Waals surface area contributed by atoms with Crippen LogP contribution in [0.15, 0.2) is 0 Å². The molecule has 0 saturated carbocycles. The quantitative estimate of drug-likeness (QED) is 0.677. The molecule has 0 bridgehead atoms. The summed E-state index contributed by atoms with van der Waals surface area (Å²) in [4.78, 5) is 26.4. The SMILES string of the molecule is CCCN(CCC)C(=O)CN(C)CC(C)C(=O)O. The van der Waals surface area contributed by atoms with Crippen LogP contribution in [0.2, 0.25) is 0 Å². The van der Waals surface area contributed by atoms with Gasteiger partial charge in [-0.3, -0.25) is 14.5 Å². The second-order valence-corrected chi connectivity index (χ2v) is 4.82. The van der Waals surface area contributed by atoms with Gasteiger partial charge in [-0.1, -0.05) is 20.8 Å². The highest BCUT2D eigenvalue weighted by Crippen LogP contribution is 2.01. The van der Waals surface area contributed by atoms with Crippen LogP contribution in [0.5, 0.6) is 0 Å². The maximum atomic E-state index is 12.0. The number of hydrogen-bond acceptors (Lipinski definition) is 3. The van der Waals surface area contributed by atoms with Crippen molar-refractivity contribution in [3.8, 4) is 0 Å². The molecule has 0 aromatic rings. The lowest BCUT2D eigenvalue weighted by atomic mass is 10.2. The molecule has 0 heterocycles. The first-order valence-corrected chi connectivity index (χ1v) is 6.61. The summed E-state index contributed by atoms with van der Waals surface area (Å²) in [5.74, 6) is -1.19. The number of nitrogens with zero attached hydrogens (tertiary/aromatic N) is 2. The average Bonchev–Trinajstić information content (AvgIpc) is 2.28. The van der Waals surface area contributed by atoms with Gasteiger partial charge in [-0.05, 0) is 19.9 Å². The number of rotatable bonds is 9. The van der Waals surface area contributed by atoms with Gasteiger partial charge >= 0.3 is 5.97 Å². The molecule has 106 valence electrons. The van der Waals surface area contributed by atoms with Crippen LogP contribution in [-0.4, -0.2) is 60.0 Å². The molecule has 0 aliphatic rings. The molecule has 0 radical (unpaired) electrons. The fraction of sp³-hybridized carbons (Fsp3) is 0.846. The minimum Gasteiger partial charge on any atom is -0.481 e. The first-order valence-electron chi connectivity index (χ1n) is 6.61. The van der Waals surface area contributed by atoms with Gasteiger partial charge in [0.05, 0.1) is 12.5 Å². The molecule has 0 aromatic carbocycles. The summed E-state index contributed by atoms with van der Waals surface area (Å²) in [7, 11) is 1.79. The van der Waals surface area contributed by atoms with Crippen molar-refractivity contribution >= 4 is 11.9 Å². The molecule has 5 heteroatoms. The first-order chi connectivity index (χ1) is 8.42. The Bertz CT molecular complexity index is 263. The number of carboxylic acids is 1. The third kappa shape index (κ3) is 6.59. The molecule has 0 aliphatic heterocycles. The van der Waals surface area contributed by atoms with Crippen LogP contribution in [-0.2, 0) is 9.59 Å². The Labute approximate surface area is 110 Å². The van der Waals surface area contributed by atoms with Crippen molar-refractivity contribution in [2.24, 2.45) is 5.92 Å². The molecule has 0 aliphatic carbocycles. The van der Waals surface area contributed by atoms with Crippen LogP contribution in [0, 0.1) is 5.92 Å². The van der Waals surface area contributed by atoms with Gasteiger partial charge < -0.3 is 10.0 Å². The summed E-state index contributed by atoms with van der Waals surface area (Å²) in [6, 6.07) is 0. The second kappa shape index (κ2) is 8.91. The molecule has 0 saturated heterocycles. The Morgan fingerprint density at radius 1 is 1.17 bits per heavy atom. The molecule has 1 N–H and O–H groups in total. The lowest BCUT2D eigenvalue weighted by Gasteiger charge is -2.25. The van der Waals surface area contributed by atoms with Gasteiger partial charge in [0, 0.05) is 19.6 Å². The number of carbonyl (C=O) groups is 2. The highest BCUT2D eigenvalue weighted by atomic mass is 16.4. The summed E-state index contributed by atoms with van der Waals surface area (Å²) in [6.45, 7) is 7.98. The van der Waals surface area contributed by atoms with Crippen molar-refractivity contribution in [1.29, 1.82) is 0 Å². The molecule has 0 spiro atoms. The highest BCUT2D eigenvalue weighted by molar-refractivity contribution is 5.78. The van der Waals surface area contributed by atoms with E-state index in [1.165, 1.54) is 0 Å². The van der Waals surface area contributed by atoms with E-state index in [9.17, 15) is 9.59 Å². The largest absolute Gasteiger partial charge is 0.481 e. The van der Waals surface area contributed by atoms with E-state index in [0.29, 0.717) is 6.54 Å². The zero-order chi connectivity index (χ0) is 14.1. The molecular formula is C13H26N2O3. The average molecular weight is 258 g/mol. The number of carbonyl (C=O) groups excluding carboxylic acids is 1. The van der Waals surface area contributed by atoms with Crippen molar-refractivity contribution in [3.63, 3.8) is 0 Å². The molecule has 18 heavy (non-hydrogen) atoms. The van der Waals surface area contributed by atoms with E-state index in [-0.39, 0.29) is 12.5 Å². The minimum atomic E-state index is -0.826. The van der Waals surface area contributed by atoms with E-state index in [0.717, 1.165) is 25.9 Å². The Kier molecular flexibility index (Phi) is 8.37. The van der Waals surface area contributed by atoms with Gasteiger partial charge in [-0.2, -0.15) is 0 Å². The van der Waals surface area contributed by atoms with Gasteiger partial charge in [-0.15, -0.1) is 0 Å². The third-order valence-electron chi connectivity index (χ3n) is 2.75. The summed E-state index contributed by atoms with van der Waals surface area (Å²) in [5, 5.41) is 8.82. The Balaban J connectivity index is 4.21. The van der Waals surface area contributed by atoms with Gasteiger partial charge in [0.2, 0.25) is 5.91 Å². The summed E-state index contributed by atoms with van der Waals surface area (Å²) in [5.41, 5.74) is 0. The predicted molar refractivity (Wildman–Crippen MR) is 71.5 cm³/mol. The standard InChI is InChI=1S/C13H26N2O3/c1-5-7-15(8-6-2)12(16)10-14(4)9-11(3)13(17)18/h11H,5-10H2,1-4H3,(H,17,18). The zero-order valence-electron chi connectivity index (χ0n) is 12.0. The Morgan fingerprint density at radius 3 is 2.06 bits per heavy atom. The number of aliphatic carboxylic acids is 1. The highest BCUT2D eigenvalue weighted by Gasteiger charge is 2.18. The van der Waals surface area contributed by atoms with Crippen LogP contribution in [0.25, 0.3) is 0 Å². The summed E-state index contributed by atoms with van der Waals surface area (Å²) < 4.78 is 0. The molecule has 0 aromatic heterocycles. The van der Waals surface area contributed by atoms with E-state index in [1.807, 2.05) is 18.7 Å². The van der Waals surface area contributed by atoms with Crippen molar-refractivity contribution < 1.29 is 14.7 Å². The van der Waals surface area contributed by atoms with E-state index in [2.05, 4.69) is 0 Å². The number of hydrogen-bond donors (Lipinski definition) is 1. The zero-order valence-corrected chi connectivity index (χ0v) is 12.0. The summed E-state index contributed by atoms with van der Waals surface area (Å²) >= 11 is 0. The molecular weight excluding hydrogens is 232 g/mol. The van der Waals surface area contributed by atoms with Crippen LogP contribution >= 0.6 is 0 Å². The first kappa shape index (κ1) is 16.9. The lowest BCUT2D eigenvalue weighted by molar-refractivity contribution is -0.142. The maximum absolute atomic E-state index is 12.0. The van der Waals surface area contributed by atoms with Crippen LogP contribution in [0.1, 0.15) is 33.6 Å². The molecule has 1 atom stereocenters. The Morgan fingerprint density at radius 2 is 1.67 bits per heavy atom. The Hall–Kier alpha value is -1.10. The van der Waals surface area contributed by atoms with Crippen LogP contribution < -0.4 is 0 Å². The maximum Gasteiger partial charge on any atom is 0.307 e. The fourth-order valence-corrected chi connectivity index (χ4v) is 1.84. The lowest BCUT2D eigenvalue weighted by Crippen LogP contribution is -2.41. The normalized spacial score (nSPS) is 12.5. The van der Waals surface area contributed by atoms with Gasteiger partial charge in [0.25, 0.3) is 0 Å². The predicted octanol–water partition coefficient (Wildman–Crippen LogP) is 1.29. The molecule has 0 rings (SSSR count). The molecule has 0 fully saturated rings. The number of amides is 1. The van der Waals surface area contributed by atoms with E-state index >= 15 is 0 Å². The van der Waals surface area contributed by atoms with Crippen molar-refractivity contribution in [2.45, 2.75) is 33.6 Å². The van der Waals surface area contributed by atoms with Gasteiger partial charge in [-0.25, -0.2) is 0 Å². The van der Waals surface area contributed by atoms with E-state index < -0.39 is 11.9 Å². The van der Waals surface area contributed by atoms with Crippen molar-refractivity contribution in [3.05, 3.63) is 0 Å². The smallest absolute Gasteiger partial charge is 0.307 e. The number of carboxylic acid groups (broad SMARTS) is 1. The molecule has 5 nitrogen and oxygen atoms in total. The molecule has 1 amide bonds. The minimum absolute atomic E-state index is 0.0822. The fourth-order valence-electron chi connectivity index (χ4n) is 1.84. The van der Waals surface area contributed by atoms with Crippen LogP contribution in [0.4, 0.5) is 0 Å². The summed E-state index contributed by atoms with van der Waals surface area (Å²) in [6.07, 6.45) is 1.89. The topological polar surface area (TPSA) is 60.9 Å². The van der Waals surface area contributed by atoms with E-state index in [4.69, 9.17) is 5.11 Å². The van der Waals surface area contributed by atoms with Crippen molar-refractivity contribution in [1.82, 2.24) is 9.80 Å². The van der Waals surface area contributed by atoms with Crippen molar-refractivity contribution in [2.75, 3.05) is 33.2 Å². The van der Waals surface area contributed by atoms with Gasteiger partial charge in [0.1, 0.15) is 0 Å².